The summed E-state index contributed by atoms with van der Waals surface area (Å²) in [7, 11) is 0. The van der Waals surface area contributed by atoms with E-state index in [0.717, 1.165) is 31.1 Å². The van der Waals surface area contributed by atoms with Gasteiger partial charge in [0.25, 0.3) is 5.56 Å². The summed E-state index contributed by atoms with van der Waals surface area (Å²) in [6.07, 6.45) is -0.0397. The van der Waals surface area contributed by atoms with Gasteiger partial charge >= 0.3 is 5.69 Å². The van der Waals surface area contributed by atoms with Crippen LogP contribution in [-0.4, -0.2) is 69.3 Å². The first kappa shape index (κ1) is 28.6. The van der Waals surface area contributed by atoms with Crippen LogP contribution >= 0.6 is 47.0 Å². The van der Waals surface area contributed by atoms with Crippen LogP contribution in [-0.2, 0) is 11.3 Å². The lowest BCUT2D eigenvalue weighted by Crippen LogP contribution is -2.33. The van der Waals surface area contributed by atoms with E-state index >= 15 is 0 Å². The van der Waals surface area contributed by atoms with Gasteiger partial charge in [-0.3, -0.25) is 18.9 Å². The predicted molar refractivity (Wildman–Crippen MR) is 162 cm³/mol. The van der Waals surface area contributed by atoms with E-state index in [0.29, 0.717) is 29.1 Å². The van der Waals surface area contributed by atoms with Gasteiger partial charge in [-0.25, -0.2) is 19.7 Å². The van der Waals surface area contributed by atoms with Gasteiger partial charge in [-0.1, -0.05) is 60.4 Å². The minimum Gasteiger partial charge on any atom is -0.394 e. The molecule has 0 spiro atoms. The molecule has 4 atom stereocenters. The average Bonchev–Trinajstić information content (AvgIpc) is 3.75. The number of aliphatic hydroxyl groups is 3. The maximum Gasteiger partial charge on any atom is 0.328 e. The molecular weight excluding hydrogens is 611 g/mol. The fourth-order valence-corrected chi connectivity index (χ4v) is 9.39. The lowest BCUT2D eigenvalue weighted by molar-refractivity contribution is -0.0513. The molecule has 0 saturated carbocycles. The number of aromatic amines is 1. The van der Waals surface area contributed by atoms with Crippen molar-refractivity contribution >= 4 is 73.8 Å². The monoisotopic (exact) mass is 635 g/mol. The molecule has 0 amide bonds. The van der Waals surface area contributed by atoms with Gasteiger partial charge in [-0.15, -0.1) is 0 Å². The largest absolute Gasteiger partial charge is 0.394 e. The van der Waals surface area contributed by atoms with Crippen LogP contribution in [0.15, 0.2) is 41.4 Å². The number of hydrogen-bond acceptors (Lipinski definition) is 14. The Kier molecular flexibility index (Phi) is 8.12. The normalized spacial score (nSPS) is 26.2. The van der Waals surface area contributed by atoms with E-state index in [2.05, 4.69) is 19.9 Å². The summed E-state index contributed by atoms with van der Waals surface area (Å²) in [5.74, 6) is 0.563. The number of nitrogens with zero attached hydrogens (tertiary/aromatic N) is 5. The topological polar surface area (TPSA) is 194 Å². The van der Waals surface area contributed by atoms with Crippen molar-refractivity contribution in [2.75, 3.05) is 12.3 Å². The summed E-state index contributed by atoms with van der Waals surface area (Å²) >= 11 is 5.87. The van der Waals surface area contributed by atoms with E-state index in [-0.39, 0.29) is 5.82 Å². The number of rotatable bonds is 7. The lowest BCUT2D eigenvalue weighted by Gasteiger charge is -2.19. The maximum atomic E-state index is 12.6. The number of H-pyrrole nitrogens is 1. The summed E-state index contributed by atoms with van der Waals surface area (Å²) in [6.45, 7) is 2.10. The highest BCUT2D eigenvalue weighted by Gasteiger charge is 2.45. The number of hydrogen-bond donors (Lipinski definition) is 5. The first-order valence-corrected chi connectivity index (χ1v) is 16.0. The molecule has 41 heavy (non-hydrogen) atoms. The molecule has 1 saturated heterocycles. The van der Waals surface area contributed by atoms with E-state index in [9.17, 15) is 24.9 Å². The highest BCUT2D eigenvalue weighted by molar-refractivity contribution is 8.36. The average molecular weight is 636 g/mol. The SMILES string of the molecule is CCCCn1cc(C2=CS/C(=C3\SC=C(c4nc5c(N)ncnc5n4[C@@H]4O[C@H](CO)[C@@H](O)[C@H]4O)S3)S2)c(=O)[nH]c1=O. The van der Waals surface area contributed by atoms with Gasteiger partial charge in [0.2, 0.25) is 0 Å². The molecule has 0 radical (unpaired) electrons. The summed E-state index contributed by atoms with van der Waals surface area (Å²) < 4.78 is 10.8. The van der Waals surface area contributed by atoms with Crippen LogP contribution in [0, 0.1) is 0 Å². The number of aromatic nitrogens is 6. The standard InChI is InChI=1S/C24H25N7O6S4/c1-2-3-4-30-5-10(20(35)29-24(30)36)12-7-38-22(40-12)23-39-8-13(41-23)18-28-14-17(25)26-9-27-19(14)31(18)21-16(34)15(33)11(6-32)37-21/h5,7-9,11,15-16,21,32-34H,2-4,6H2,1H3,(H2,25,26,27)(H,29,35,36)/b23-22-/t11-,15-,16-,21-/m1/s1. The fraction of sp³-hybridized carbons (Fsp3) is 0.375. The van der Waals surface area contributed by atoms with Crippen molar-refractivity contribution in [2.45, 2.75) is 50.8 Å². The molecule has 6 rings (SSSR count). The smallest absolute Gasteiger partial charge is 0.328 e. The number of thioether (sulfide) groups is 4. The Morgan fingerprint density at radius 3 is 2.54 bits per heavy atom. The maximum absolute atomic E-state index is 12.6. The van der Waals surface area contributed by atoms with E-state index < -0.39 is 42.4 Å². The molecular formula is C24H25N7O6S4. The number of anilines is 1. The van der Waals surface area contributed by atoms with Crippen molar-refractivity contribution in [2.24, 2.45) is 0 Å². The number of aliphatic hydroxyl groups excluding tert-OH is 3. The van der Waals surface area contributed by atoms with Gasteiger partial charge in [-0.2, -0.15) is 0 Å². The molecule has 0 aromatic carbocycles. The Morgan fingerprint density at radius 1 is 1.10 bits per heavy atom. The zero-order chi connectivity index (χ0) is 28.8. The summed E-state index contributed by atoms with van der Waals surface area (Å²) in [5.41, 5.74) is 6.32. The second-order valence-electron chi connectivity index (χ2n) is 9.29. The van der Waals surface area contributed by atoms with E-state index in [4.69, 9.17) is 10.5 Å². The van der Waals surface area contributed by atoms with Gasteiger partial charge in [0.1, 0.15) is 24.6 Å². The number of nitrogens with one attached hydrogen (secondary N) is 1. The van der Waals surface area contributed by atoms with Crippen LogP contribution in [0.1, 0.15) is 37.4 Å². The molecule has 1 fully saturated rings. The molecule has 0 aliphatic carbocycles. The first-order valence-electron chi connectivity index (χ1n) is 12.6. The zero-order valence-corrected chi connectivity index (χ0v) is 24.7. The number of imidazole rings is 1. The quantitative estimate of drug-likeness (QED) is 0.253. The summed E-state index contributed by atoms with van der Waals surface area (Å²) in [6, 6.07) is 0. The molecule has 3 aliphatic heterocycles. The van der Waals surface area contributed by atoms with Crippen molar-refractivity contribution in [3.8, 4) is 0 Å². The molecule has 0 unspecified atom stereocenters. The molecule has 17 heteroatoms. The van der Waals surface area contributed by atoms with E-state index in [1.807, 2.05) is 17.7 Å². The van der Waals surface area contributed by atoms with E-state index in [1.165, 1.54) is 57.9 Å². The number of unbranched alkanes of at least 4 members (excludes halogenated alkanes) is 1. The number of fused-ring (bicyclic) bond motifs is 1. The summed E-state index contributed by atoms with van der Waals surface area (Å²) in [4.78, 5) is 41.8. The number of nitrogen functional groups attached to an aromatic ring is 1. The molecule has 216 valence electrons. The Morgan fingerprint density at radius 2 is 1.83 bits per heavy atom. The van der Waals surface area contributed by atoms with Crippen LogP contribution < -0.4 is 17.0 Å². The Bertz CT molecular complexity index is 1730. The molecule has 0 bridgehead atoms. The Labute approximate surface area is 249 Å². The third-order valence-electron chi connectivity index (χ3n) is 6.64. The van der Waals surface area contributed by atoms with Crippen molar-refractivity contribution in [1.29, 1.82) is 0 Å². The fourth-order valence-electron chi connectivity index (χ4n) is 4.52. The third kappa shape index (κ3) is 5.18. The van der Waals surface area contributed by atoms with Gasteiger partial charge < -0.3 is 25.8 Å². The number of aryl methyl sites for hydroxylation is 1. The van der Waals surface area contributed by atoms with Crippen LogP contribution in [0.2, 0.25) is 0 Å². The van der Waals surface area contributed by atoms with Crippen molar-refractivity contribution in [1.82, 2.24) is 29.1 Å². The molecule has 3 aliphatic rings. The van der Waals surface area contributed by atoms with Gasteiger partial charge in [0.05, 0.1) is 25.5 Å². The van der Waals surface area contributed by atoms with Crippen LogP contribution in [0.4, 0.5) is 5.82 Å². The van der Waals surface area contributed by atoms with Crippen LogP contribution in [0.3, 0.4) is 0 Å². The Balaban J connectivity index is 1.29. The molecule has 3 aromatic rings. The number of nitrogens with two attached hydrogens (primary N) is 1. The van der Waals surface area contributed by atoms with Crippen molar-refractivity contribution in [3.05, 3.63) is 64.0 Å². The molecule has 6 N–H and O–H groups in total. The number of ether oxygens (including phenoxy) is 1. The van der Waals surface area contributed by atoms with Crippen molar-refractivity contribution < 1.29 is 20.1 Å². The third-order valence-corrected chi connectivity index (χ3v) is 11.9. The molecule has 13 nitrogen and oxygen atoms in total. The predicted octanol–water partition coefficient (Wildman–Crippen LogP) is 2.05. The molecule has 3 aromatic heterocycles. The second kappa shape index (κ2) is 11.6. The first-order chi connectivity index (χ1) is 19.8. The minimum atomic E-state index is -1.34. The van der Waals surface area contributed by atoms with Crippen molar-refractivity contribution in [3.63, 3.8) is 0 Å². The second-order valence-corrected chi connectivity index (χ2v) is 13.7. The van der Waals surface area contributed by atoms with Crippen LogP contribution in [0.25, 0.3) is 21.0 Å². The lowest BCUT2D eigenvalue weighted by atomic mass is 10.1. The summed E-state index contributed by atoms with van der Waals surface area (Å²) in [5, 5.41) is 34.6. The van der Waals surface area contributed by atoms with Gasteiger partial charge in [-0.05, 0) is 17.2 Å². The Hall–Kier alpha value is -2.51. The van der Waals surface area contributed by atoms with E-state index in [1.54, 1.807) is 10.8 Å². The van der Waals surface area contributed by atoms with Crippen LogP contribution in [0.5, 0.6) is 0 Å². The highest BCUT2D eigenvalue weighted by atomic mass is 32.2. The van der Waals surface area contributed by atoms with Gasteiger partial charge in [0.15, 0.2) is 29.0 Å². The zero-order valence-electron chi connectivity index (χ0n) is 21.5. The molecule has 6 heterocycles. The highest BCUT2D eigenvalue weighted by Crippen LogP contribution is 2.58. The van der Waals surface area contributed by atoms with Gasteiger partial charge in [0, 0.05) is 17.6 Å². The minimum absolute atomic E-state index is 0.151.